The number of rotatable bonds is 4. The van der Waals surface area contributed by atoms with E-state index in [1.54, 1.807) is 0 Å². The van der Waals surface area contributed by atoms with Crippen LogP contribution < -0.4 is 5.73 Å². The summed E-state index contributed by atoms with van der Waals surface area (Å²) >= 11 is 0. The molecule has 3 heteroatoms. The molecule has 1 saturated carbocycles. The summed E-state index contributed by atoms with van der Waals surface area (Å²) in [6, 6.07) is 8.17. The van der Waals surface area contributed by atoms with Crippen molar-refractivity contribution >= 4 is 5.91 Å². The maximum Gasteiger partial charge on any atom is 0.225 e. The Balaban J connectivity index is 1.92. The number of nitrogens with zero attached hydrogens (tertiary/aromatic N) is 1. The van der Waals surface area contributed by atoms with Crippen molar-refractivity contribution in [3.05, 3.63) is 35.4 Å². The van der Waals surface area contributed by atoms with Gasteiger partial charge in [-0.25, -0.2) is 0 Å². The van der Waals surface area contributed by atoms with Crippen molar-refractivity contribution in [2.75, 3.05) is 7.05 Å². The maximum atomic E-state index is 12.2. The van der Waals surface area contributed by atoms with E-state index in [0.717, 1.165) is 18.4 Å². The van der Waals surface area contributed by atoms with Gasteiger partial charge in [0.2, 0.25) is 5.91 Å². The first kappa shape index (κ1) is 13.1. The fraction of sp³-hybridized carbons (Fsp3) is 0.533. The molecular formula is C15H22N2O. The van der Waals surface area contributed by atoms with Crippen LogP contribution in [0.2, 0.25) is 0 Å². The largest absolute Gasteiger partial charge is 0.341 e. The van der Waals surface area contributed by atoms with Gasteiger partial charge in [0, 0.05) is 26.1 Å². The third-order valence-electron chi connectivity index (χ3n) is 3.76. The van der Waals surface area contributed by atoms with Crippen molar-refractivity contribution < 1.29 is 4.79 Å². The molecule has 1 fully saturated rings. The molecule has 1 amide bonds. The minimum atomic E-state index is 0.262. The highest BCUT2D eigenvalue weighted by Crippen LogP contribution is 2.26. The van der Waals surface area contributed by atoms with Crippen LogP contribution in [-0.2, 0) is 17.9 Å². The second-order valence-electron chi connectivity index (χ2n) is 5.20. The first-order chi connectivity index (χ1) is 8.70. The highest BCUT2D eigenvalue weighted by molar-refractivity contribution is 5.78. The molecule has 0 aromatic heterocycles. The topological polar surface area (TPSA) is 46.3 Å². The molecule has 0 radical (unpaired) electrons. The third kappa shape index (κ3) is 3.10. The van der Waals surface area contributed by atoms with Crippen LogP contribution in [0.25, 0.3) is 0 Å². The van der Waals surface area contributed by atoms with Crippen molar-refractivity contribution in [3.63, 3.8) is 0 Å². The van der Waals surface area contributed by atoms with Gasteiger partial charge in [0.25, 0.3) is 0 Å². The lowest BCUT2D eigenvalue weighted by molar-refractivity contribution is -0.134. The third-order valence-corrected chi connectivity index (χ3v) is 3.76. The quantitative estimate of drug-likeness (QED) is 0.886. The van der Waals surface area contributed by atoms with Gasteiger partial charge in [-0.1, -0.05) is 37.1 Å². The average Bonchev–Trinajstić information content (AvgIpc) is 2.92. The molecule has 0 saturated heterocycles. The van der Waals surface area contributed by atoms with E-state index >= 15 is 0 Å². The summed E-state index contributed by atoms with van der Waals surface area (Å²) in [7, 11) is 1.90. The molecule has 1 aromatic carbocycles. The highest BCUT2D eigenvalue weighted by atomic mass is 16.2. The zero-order valence-electron chi connectivity index (χ0n) is 11.1. The second-order valence-corrected chi connectivity index (χ2v) is 5.20. The normalized spacial score (nSPS) is 15.9. The fourth-order valence-electron chi connectivity index (χ4n) is 2.62. The Labute approximate surface area is 109 Å². The standard InChI is InChI=1S/C15H22N2O/c1-17(15(18)14-4-2-3-5-14)11-13-8-6-12(10-16)7-9-13/h6-9,14H,2-5,10-11,16H2,1H3. The van der Waals surface area contributed by atoms with Gasteiger partial charge in [-0.15, -0.1) is 0 Å². The van der Waals surface area contributed by atoms with Crippen LogP contribution in [0.4, 0.5) is 0 Å². The molecule has 2 N–H and O–H groups in total. The number of carbonyl (C=O) groups excluding carboxylic acids is 1. The summed E-state index contributed by atoms with van der Waals surface area (Å²) in [4.78, 5) is 14.0. The molecule has 1 aliphatic rings. The molecule has 1 aromatic rings. The van der Waals surface area contributed by atoms with Crippen LogP contribution in [0.5, 0.6) is 0 Å². The Kier molecular flexibility index (Phi) is 4.37. The number of hydrogen-bond donors (Lipinski definition) is 1. The number of nitrogens with two attached hydrogens (primary N) is 1. The monoisotopic (exact) mass is 246 g/mol. The summed E-state index contributed by atoms with van der Waals surface area (Å²) in [6.45, 7) is 1.26. The van der Waals surface area contributed by atoms with Gasteiger partial charge in [0.15, 0.2) is 0 Å². The number of hydrogen-bond acceptors (Lipinski definition) is 2. The molecule has 1 aliphatic carbocycles. The fourth-order valence-corrected chi connectivity index (χ4v) is 2.62. The van der Waals surface area contributed by atoms with E-state index < -0.39 is 0 Å². The SMILES string of the molecule is CN(Cc1ccc(CN)cc1)C(=O)C1CCCC1. The van der Waals surface area contributed by atoms with E-state index in [1.165, 1.54) is 18.4 Å². The van der Waals surface area contributed by atoms with E-state index in [4.69, 9.17) is 5.73 Å². The van der Waals surface area contributed by atoms with Gasteiger partial charge in [0.1, 0.15) is 0 Å². The smallest absolute Gasteiger partial charge is 0.225 e. The zero-order valence-corrected chi connectivity index (χ0v) is 11.1. The molecule has 18 heavy (non-hydrogen) atoms. The van der Waals surface area contributed by atoms with Gasteiger partial charge < -0.3 is 10.6 Å². The van der Waals surface area contributed by atoms with Crippen molar-refractivity contribution in [2.24, 2.45) is 11.7 Å². The Bertz CT molecular complexity index is 393. The van der Waals surface area contributed by atoms with E-state index in [2.05, 4.69) is 12.1 Å². The van der Waals surface area contributed by atoms with Crippen LogP contribution in [0.15, 0.2) is 24.3 Å². The molecule has 0 atom stereocenters. The number of benzene rings is 1. The van der Waals surface area contributed by atoms with Crippen LogP contribution in [0.3, 0.4) is 0 Å². The first-order valence-electron chi connectivity index (χ1n) is 6.73. The average molecular weight is 246 g/mol. The minimum absolute atomic E-state index is 0.262. The number of carbonyl (C=O) groups is 1. The van der Waals surface area contributed by atoms with Gasteiger partial charge in [-0.2, -0.15) is 0 Å². The molecule has 2 rings (SSSR count). The highest BCUT2D eigenvalue weighted by Gasteiger charge is 2.25. The summed E-state index contributed by atoms with van der Waals surface area (Å²) in [5.74, 6) is 0.564. The van der Waals surface area contributed by atoms with Gasteiger partial charge >= 0.3 is 0 Å². The number of amides is 1. The van der Waals surface area contributed by atoms with Crippen molar-refractivity contribution in [2.45, 2.75) is 38.8 Å². The Morgan fingerprint density at radius 3 is 2.33 bits per heavy atom. The predicted octanol–water partition coefficient (Wildman–Crippen LogP) is 2.29. The van der Waals surface area contributed by atoms with Crippen LogP contribution in [0, 0.1) is 5.92 Å². The lowest BCUT2D eigenvalue weighted by atomic mass is 10.1. The van der Waals surface area contributed by atoms with E-state index in [9.17, 15) is 4.79 Å². The van der Waals surface area contributed by atoms with Crippen LogP contribution >= 0.6 is 0 Å². The molecule has 3 nitrogen and oxygen atoms in total. The van der Waals surface area contributed by atoms with Crippen LogP contribution in [-0.4, -0.2) is 17.9 Å². The molecule has 0 bridgehead atoms. The summed E-state index contributed by atoms with van der Waals surface area (Å²) < 4.78 is 0. The van der Waals surface area contributed by atoms with Gasteiger partial charge in [0.05, 0.1) is 0 Å². The Morgan fingerprint density at radius 2 is 1.78 bits per heavy atom. The summed E-state index contributed by atoms with van der Waals surface area (Å²) in [5.41, 5.74) is 7.86. The Morgan fingerprint density at radius 1 is 1.22 bits per heavy atom. The van der Waals surface area contributed by atoms with Crippen molar-refractivity contribution in [1.29, 1.82) is 0 Å². The van der Waals surface area contributed by atoms with Crippen molar-refractivity contribution in [3.8, 4) is 0 Å². The molecule has 0 heterocycles. The minimum Gasteiger partial charge on any atom is -0.341 e. The lowest BCUT2D eigenvalue weighted by Crippen LogP contribution is -2.31. The molecule has 0 aliphatic heterocycles. The zero-order chi connectivity index (χ0) is 13.0. The van der Waals surface area contributed by atoms with Gasteiger partial charge in [-0.05, 0) is 24.0 Å². The summed E-state index contributed by atoms with van der Waals surface area (Å²) in [6.07, 6.45) is 4.54. The summed E-state index contributed by atoms with van der Waals surface area (Å²) in [5, 5.41) is 0. The van der Waals surface area contributed by atoms with E-state index in [-0.39, 0.29) is 5.92 Å². The molecule has 0 spiro atoms. The molecular weight excluding hydrogens is 224 g/mol. The predicted molar refractivity (Wildman–Crippen MR) is 72.8 cm³/mol. The first-order valence-corrected chi connectivity index (χ1v) is 6.73. The van der Waals surface area contributed by atoms with Crippen molar-refractivity contribution in [1.82, 2.24) is 4.90 Å². The van der Waals surface area contributed by atoms with E-state index in [0.29, 0.717) is 19.0 Å². The van der Waals surface area contributed by atoms with E-state index in [1.807, 2.05) is 24.1 Å². The van der Waals surface area contributed by atoms with Crippen LogP contribution in [0.1, 0.15) is 36.8 Å². The second kappa shape index (κ2) is 6.01. The van der Waals surface area contributed by atoms with Gasteiger partial charge in [-0.3, -0.25) is 4.79 Å². The maximum absolute atomic E-state index is 12.2. The lowest BCUT2D eigenvalue weighted by Gasteiger charge is -2.21. The molecule has 98 valence electrons. The Hall–Kier alpha value is -1.35. The molecule has 0 unspecified atom stereocenters.